The first-order valence-corrected chi connectivity index (χ1v) is 6.56. The summed E-state index contributed by atoms with van der Waals surface area (Å²) in [5.41, 5.74) is 6.40. The van der Waals surface area contributed by atoms with E-state index in [9.17, 15) is 9.59 Å². The maximum atomic E-state index is 11.9. The molecule has 0 aliphatic rings. The summed E-state index contributed by atoms with van der Waals surface area (Å²) in [6, 6.07) is -0.836. The average molecular weight is 282 g/mol. The van der Waals surface area contributed by atoms with E-state index in [4.69, 9.17) is 10.8 Å². The van der Waals surface area contributed by atoms with Crippen molar-refractivity contribution in [3.8, 4) is 0 Å². The molecule has 7 heteroatoms. The molecule has 0 saturated heterocycles. The number of amides is 1. The highest BCUT2D eigenvalue weighted by Crippen LogP contribution is 2.12. The summed E-state index contributed by atoms with van der Waals surface area (Å²) < 4.78 is 1.56. The molecule has 0 fully saturated rings. The SMILES string of the molecule is CC(C)CC(CNC(=O)C(N)c1cnn(C)c1)C(=O)O. The van der Waals surface area contributed by atoms with E-state index in [0.717, 1.165) is 0 Å². The van der Waals surface area contributed by atoms with Gasteiger partial charge in [0.2, 0.25) is 5.91 Å². The molecule has 20 heavy (non-hydrogen) atoms. The van der Waals surface area contributed by atoms with E-state index < -0.39 is 23.8 Å². The van der Waals surface area contributed by atoms with E-state index in [2.05, 4.69) is 10.4 Å². The van der Waals surface area contributed by atoms with Crippen molar-refractivity contribution < 1.29 is 14.7 Å². The molecule has 1 heterocycles. The summed E-state index contributed by atoms with van der Waals surface area (Å²) in [4.78, 5) is 23.0. The van der Waals surface area contributed by atoms with Crippen molar-refractivity contribution in [2.75, 3.05) is 6.54 Å². The second-order valence-corrected chi connectivity index (χ2v) is 5.33. The van der Waals surface area contributed by atoms with Crippen molar-refractivity contribution in [2.24, 2.45) is 24.6 Å². The van der Waals surface area contributed by atoms with E-state index >= 15 is 0 Å². The van der Waals surface area contributed by atoms with E-state index in [1.165, 1.54) is 6.20 Å². The number of aliphatic carboxylic acids is 1. The molecular weight excluding hydrogens is 260 g/mol. The molecule has 4 N–H and O–H groups in total. The number of rotatable bonds is 7. The fraction of sp³-hybridized carbons (Fsp3) is 0.615. The Balaban J connectivity index is 2.54. The van der Waals surface area contributed by atoms with Crippen LogP contribution in [-0.2, 0) is 16.6 Å². The van der Waals surface area contributed by atoms with Gasteiger partial charge in [-0.3, -0.25) is 14.3 Å². The minimum absolute atomic E-state index is 0.0836. The molecule has 7 nitrogen and oxygen atoms in total. The highest BCUT2D eigenvalue weighted by Gasteiger charge is 2.22. The lowest BCUT2D eigenvalue weighted by molar-refractivity contribution is -0.142. The molecule has 0 radical (unpaired) electrons. The Labute approximate surface area is 118 Å². The van der Waals surface area contributed by atoms with Gasteiger partial charge < -0.3 is 16.2 Å². The van der Waals surface area contributed by atoms with Gasteiger partial charge in [-0.25, -0.2) is 0 Å². The third kappa shape index (κ3) is 4.65. The van der Waals surface area contributed by atoms with Crippen molar-refractivity contribution in [2.45, 2.75) is 26.3 Å². The predicted octanol–water partition coefficient (Wildman–Crippen LogP) is 0.283. The van der Waals surface area contributed by atoms with Crippen LogP contribution in [0.15, 0.2) is 12.4 Å². The van der Waals surface area contributed by atoms with Crippen LogP contribution in [0.25, 0.3) is 0 Å². The van der Waals surface area contributed by atoms with Crippen molar-refractivity contribution in [3.05, 3.63) is 18.0 Å². The third-order valence-electron chi connectivity index (χ3n) is 2.99. The average Bonchev–Trinajstić information content (AvgIpc) is 2.79. The summed E-state index contributed by atoms with van der Waals surface area (Å²) in [6.45, 7) is 3.97. The van der Waals surface area contributed by atoms with Crippen molar-refractivity contribution in [3.63, 3.8) is 0 Å². The molecule has 112 valence electrons. The molecule has 2 unspecified atom stereocenters. The lowest BCUT2D eigenvalue weighted by Crippen LogP contribution is -2.39. The minimum Gasteiger partial charge on any atom is -0.481 e. The molecule has 0 saturated carbocycles. The van der Waals surface area contributed by atoms with Crippen LogP contribution in [0.5, 0.6) is 0 Å². The first-order chi connectivity index (χ1) is 9.31. The molecule has 2 atom stereocenters. The van der Waals surface area contributed by atoms with Gasteiger partial charge in [-0.1, -0.05) is 13.8 Å². The van der Waals surface area contributed by atoms with Crippen LogP contribution in [0.2, 0.25) is 0 Å². The van der Waals surface area contributed by atoms with Crippen molar-refractivity contribution >= 4 is 11.9 Å². The quantitative estimate of drug-likeness (QED) is 0.665. The normalized spacial score (nSPS) is 14.1. The predicted molar refractivity (Wildman–Crippen MR) is 73.7 cm³/mol. The maximum Gasteiger partial charge on any atom is 0.308 e. The van der Waals surface area contributed by atoms with Gasteiger partial charge in [0.25, 0.3) is 0 Å². The van der Waals surface area contributed by atoms with Gasteiger partial charge in [-0.2, -0.15) is 5.10 Å². The Kier molecular flexibility index (Phi) is 5.69. The van der Waals surface area contributed by atoms with Gasteiger partial charge in [0, 0.05) is 25.4 Å². The first-order valence-electron chi connectivity index (χ1n) is 6.56. The molecule has 1 aromatic heterocycles. The largest absolute Gasteiger partial charge is 0.481 e. The van der Waals surface area contributed by atoms with Gasteiger partial charge >= 0.3 is 5.97 Å². The van der Waals surface area contributed by atoms with E-state index in [1.807, 2.05) is 13.8 Å². The van der Waals surface area contributed by atoms with Gasteiger partial charge in [0.15, 0.2) is 0 Å². The monoisotopic (exact) mass is 282 g/mol. The molecular formula is C13H22N4O3. The Bertz CT molecular complexity index is 470. The highest BCUT2D eigenvalue weighted by molar-refractivity contribution is 5.83. The summed E-state index contributed by atoms with van der Waals surface area (Å²) >= 11 is 0. The van der Waals surface area contributed by atoms with Gasteiger partial charge in [0.1, 0.15) is 6.04 Å². The number of aromatic nitrogens is 2. The number of nitrogens with two attached hydrogens (primary N) is 1. The molecule has 0 aliphatic heterocycles. The number of hydrogen-bond donors (Lipinski definition) is 3. The van der Waals surface area contributed by atoms with Crippen LogP contribution < -0.4 is 11.1 Å². The number of aryl methyl sites for hydroxylation is 1. The van der Waals surface area contributed by atoms with Gasteiger partial charge in [-0.15, -0.1) is 0 Å². The minimum atomic E-state index is -0.908. The van der Waals surface area contributed by atoms with Crippen LogP contribution >= 0.6 is 0 Å². The number of nitrogens with one attached hydrogen (secondary N) is 1. The Hall–Kier alpha value is -1.89. The van der Waals surface area contributed by atoms with E-state index in [1.54, 1.807) is 17.9 Å². The molecule has 1 amide bonds. The van der Waals surface area contributed by atoms with Gasteiger partial charge in [-0.05, 0) is 12.3 Å². The van der Waals surface area contributed by atoms with Crippen LogP contribution in [-0.4, -0.2) is 33.3 Å². The second-order valence-electron chi connectivity index (χ2n) is 5.33. The zero-order valence-electron chi connectivity index (χ0n) is 12.0. The molecule has 0 aliphatic carbocycles. The van der Waals surface area contributed by atoms with E-state index in [-0.39, 0.29) is 12.5 Å². The molecule has 0 aromatic carbocycles. The molecule has 0 bridgehead atoms. The lowest BCUT2D eigenvalue weighted by atomic mass is 9.97. The van der Waals surface area contributed by atoms with Crippen molar-refractivity contribution in [1.82, 2.24) is 15.1 Å². The Morgan fingerprint density at radius 1 is 1.50 bits per heavy atom. The first kappa shape index (κ1) is 16.2. The number of carboxylic acids is 1. The Morgan fingerprint density at radius 3 is 2.60 bits per heavy atom. The summed E-state index contributed by atoms with van der Waals surface area (Å²) in [5.74, 6) is -1.65. The number of carboxylic acid groups (broad SMARTS) is 1. The smallest absolute Gasteiger partial charge is 0.308 e. The van der Waals surface area contributed by atoms with Gasteiger partial charge in [0.05, 0.1) is 12.1 Å². The topological polar surface area (TPSA) is 110 Å². The summed E-state index contributed by atoms with van der Waals surface area (Å²) in [7, 11) is 1.73. The number of hydrogen-bond acceptors (Lipinski definition) is 4. The van der Waals surface area contributed by atoms with Crippen molar-refractivity contribution in [1.29, 1.82) is 0 Å². The fourth-order valence-electron chi connectivity index (χ4n) is 1.93. The number of carbonyl (C=O) groups is 2. The van der Waals surface area contributed by atoms with Crippen LogP contribution in [0.1, 0.15) is 31.9 Å². The summed E-state index contributed by atoms with van der Waals surface area (Å²) in [5, 5.41) is 15.6. The zero-order chi connectivity index (χ0) is 15.3. The molecule has 1 rings (SSSR count). The Morgan fingerprint density at radius 2 is 2.15 bits per heavy atom. The molecule has 1 aromatic rings. The number of carbonyl (C=O) groups excluding carboxylic acids is 1. The molecule has 0 spiro atoms. The zero-order valence-corrected chi connectivity index (χ0v) is 12.0. The van der Waals surface area contributed by atoms with Crippen LogP contribution in [0, 0.1) is 11.8 Å². The fourth-order valence-corrected chi connectivity index (χ4v) is 1.93. The van der Waals surface area contributed by atoms with Crippen LogP contribution in [0.3, 0.4) is 0 Å². The van der Waals surface area contributed by atoms with E-state index in [0.29, 0.717) is 12.0 Å². The third-order valence-corrected chi connectivity index (χ3v) is 2.99. The second kappa shape index (κ2) is 7.04. The standard InChI is InChI=1S/C13H22N4O3/c1-8(2)4-9(13(19)20)5-15-12(18)11(14)10-6-16-17(3)7-10/h6-9,11H,4-5,14H2,1-3H3,(H,15,18)(H,19,20). The lowest BCUT2D eigenvalue weighted by Gasteiger charge is -2.17. The summed E-state index contributed by atoms with van der Waals surface area (Å²) in [6.07, 6.45) is 3.69. The maximum absolute atomic E-state index is 11.9. The van der Waals surface area contributed by atoms with Crippen LogP contribution in [0.4, 0.5) is 0 Å². The highest BCUT2D eigenvalue weighted by atomic mass is 16.4. The number of nitrogens with zero attached hydrogens (tertiary/aromatic N) is 2.